The van der Waals surface area contributed by atoms with E-state index in [1.807, 2.05) is 36.4 Å². The van der Waals surface area contributed by atoms with Crippen molar-refractivity contribution in [2.75, 3.05) is 13.2 Å². The molecule has 0 aliphatic carbocycles. The van der Waals surface area contributed by atoms with Crippen molar-refractivity contribution in [3.63, 3.8) is 0 Å². The number of fused-ring (bicyclic) bond motifs is 1. The summed E-state index contributed by atoms with van der Waals surface area (Å²) in [6.45, 7) is 0.857. The molecule has 1 heterocycles. The molecule has 3 aromatic carbocycles. The third-order valence-electron chi connectivity index (χ3n) is 5.25. The third-order valence-corrected chi connectivity index (χ3v) is 7.09. The van der Waals surface area contributed by atoms with E-state index < -0.39 is 26.7 Å². The van der Waals surface area contributed by atoms with Crippen molar-refractivity contribution in [1.82, 2.24) is 4.31 Å². The summed E-state index contributed by atoms with van der Waals surface area (Å²) in [4.78, 5) is -0.400. The molecule has 1 aliphatic heterocycles. The largest absolute Gasteiger partial charge is 0.492 e. The van der Waals surface area contributed by atoms with Crippen molar-refractivity contribution < 1.29 is 31.1 Å². The lowest BCUT2D eigenvalue weighted by Gasteiger charge is -2.20. The zero-order chi connectivity index (χ0) is 23.5. The van der Waals surface area contributed by atoms with Crippen LogP contribution >= 0.6 is 0 Å². The van der Waals surface area contributed by atoms with Gasteiger partial charge in [0.25, 0.3) is 0 Å². The Balaban J connectivity index is 1.51. The summed E-state index contributed by atoms with van der Waals surface area (Å²) >= 11 is 0. The van der Waals surface area contributed by atoms with E-state index >= 15 is 0 Å². The molecular weight excluding hydrogens is 455 g/mol. The number of alkyl halides is 3. The Hall–Kier alpha value is -2.88. The van der Waals surface area contributed by atoms with Crippen LogP contribution in [0.4, 0.5) is 13.2 Å². The van der Waals surface area contributed by atoms with Gasteiger partial charge in [-0.2, -0.15) is 17.5 Å². The fraction of sp³-hybridized carbons (Fsp3) is 0.250. The van der Waals surface area contributed by atoms with Crippen LogP contribution in [0.3, 0.4) is 0 Å². The molecule has 0 bridgehead atoms. The zero-order valence-corrected chi connectivity index (χ0v) is 18.4. The minimum Gasteiger partial charge on any atom is -0.492 e. The minimum atomic E-state index is -4.63. The number of sulfonamides is 1. The Morgan fingerprint density at radius 1 is 0.909 bits per heavy atom. The molecule has 3 aromatic rings. The predicted molar refractivity (Wildman–Crippen MR) is 116 cm³/mol. The van der Waals surface area contributed by atoms with E-state index in [0.29, 0.717) is 30.6 Å². The van der Waals surface area contributed by atoms with Gasteiger partial charge >= 0.3 is 6.18 Å². The Labute approximate surface area is 190 Å². The van der Waals surface area contributed by atoms with Crippen LogP contribution < -0.4 is 4.74 Å². The van der Waals surface area contributed by atoms with Gasteiger partial charge in [-0.05, 0) is 41.5 Å². The molecule has 0 spiro atoms. The van der Waals surface area contributed by atoms with Gasteiger partial charge in [0.15, 0.2) is 0 Å². The fourth-order valence-electron chi connectivity index (χ4n) is 3.56. The highest BCUT2D eigenvalue weighted by Gasteiger charge is 2.33. The lowest BCUT2D eigenvalue weighted by atomic mass is 10.1. The maximum atomic E-state index is 13.1. The van der Waals surface area contributed by atoms with Crippen LogP contribution in [0.15, 0.2) is 77.7 Å². The molecule has 5 nitrogen and oxygen atoms in total. The second kappa shape index (κ2) is 9.54. The summed E-state index contributed by atoms with van der Waals surface area (Å²) < 4.78 is 78.1. The monoisotopic (exact) mass is 477 g/mol. The molecule has 0 atom stereocenters. The zero-order valence-electron chi connectivity index (χ0n) is 17.6. The van der Waals surface area contributed by atoms with Crippen LogP contribution in [0, 0.1) is 0 Å². The topological polar surface area (TPSA) is 55.8 Å². The van der Waals surface area contributed by atoms with Crippen LogP contribution in [0.2, 0.25) is 0 Å². The second-order valence-corrected chi connectivity index (χ2v) is 9.57. The number of halogens is 3. The molecule has 0 amide bonds. The van der Waals surface area contributed by atoms with E-state index in [4.69, 9.17) is 9.47 Å². The molecule has 0 saturated carbocycles. The molecule has 174 valence electrons. The quantitative estimate of drug-likeness (QED) is 0.501. The van der Waals surface area contributed by atoms with Gasteiger partial charge in [-0.3, -0.25) is 0 Å². The second-order valence-electron chi connectivity index (χ2n) is 7.63. The maximum absolute atomic E-state index is 13.1. The van der Waals surface area contributed by atoms with Gasteiger partial charge < -0.3 is 9.47 Å². The van der Waals surface area contributed by atoms with Gasteiger partial charge in [-0.25, -0.2) is 8.42 Å². The predicted octanol–water partition coefficient (Wildman–Crippen LogP) is 5.01. The average Bonchev–Trinajstić information content (AvgIpc) is 3.02. The first-order chi connectivity index (χ1) is 15.7. The average molecular weight is 478 g/mol. The van der Waals surface area contributed by atoms with Crippen molar-refractivity contribution in [3.05, 3.63) is 95.1 Å². The lowest BCUT2D eigenvalue weighted by Crippen LogP contribution is -2.32. The van der Waals surface area contributed by atoms with Crippen molar-refractivity contribution in [3.8, 4) is 5.75 Å². The number of ether oxygens (including phenoxy) is 2. The van der Waals surface area contributed by atoms with Crippen LogP contribution in [0.25, 0.3) is 0 Å². The smallest absolute Gasteiger partial charge is 0.416 e. The summed E-state index contributed by atoms with van der Waals surface area (Å²) in [5.41, 5.74) is 1.50. The molecule has 0 aromatic heterocycles. The molecule has 0 radical (unpaired) electrons. The molecule has 1 aliphatic rings. The van der Waals surface area contributed by atoms with E-state index in [2.05, 4.69) is 0 Å². The molecule has 0 unspecified atom stereocenters. The molecule has 0 N–H and O–H groups in total. The Bertz CT molecular complexity index is 1210. The third kappa shape index (κ3) is 5.55. The standard InChI is InChI=1S/C24H22F3NO4S/c25-24(26,27)21-7-4-8-22(14-21)33(29,30)28-11-12-32-23-10-9-19(13-20(23)15-28)17-31-16-18-5-2-1-3-6-18/h1-10,13-14H,11-12,15-17H2. The van der Waals surface area contributed by atoms with E-state index in [-0.39, 0.29) is 19.7 Å². The van der Waals surface area contributed by atoms with E-state index in [9.17, 15) is 21.6 Å². The number of hydrogen-bond donors (Lipinski definition) is 0. The summed E-state index contributed by atoms with van der Waals surface area (Å²) in [5, 5.41) is 0. The van der Waals surface area contributed by atoms with Gasteiger partial charge in [0.1, 0.15) is 12.4 Å². The summed E-state index contributed by atoms with van der Waals surface area (Å²) in [6.07, 6.45) is -4.63. The first kappa shape index (κ1) is 23.3. The molecule has 9 heteroatoms. The minimum absolute atomic E-state index is 0.0135. The Morgan fingerprint density at radius 3 is 2.42 bits per heavy atom. The maximum Gasteiger partial charge on any atom is 0.416 e. The van der Waals surface area contributed by atoms with E-state index in [0.717, 1.165) is 27.6 Å². The molecule has 0 fully saturated rings. The summed E-state index contributed by atoms with van der Waals surface area (Å²) in [7, 11) is -4.15. The van der Waals surface area contributed by atoms with E-state index in [1.165, 1.54) is 6.07 Å². The number of hydrogen-bond acceptors (Lipinski definition) is 4. The number of benzene rings is 3. The van der Waals surface area contributed by atoms with Crippen molar-refractivity contribution in [1.29, 1.82) is 0 Å². The highest BCUT2D eigenvalue weighted by atomic mass is 32.2. The van der Waals surface area contributed by atoms with Gasteiger partial charge in [-0.15, -0.1) is 0 Å². The summed E-state index contributed by atoms with van der Waals surface area (Å²) in [6, 6.07) is 18.9. The Morgan fingerprint density at radius 2 is 1.67 bits per heavy atom. The number of rotatable bonds is 6. The fourth-order valence-corrected chi connectivity index (χ4v) is 5.01. The van der Waals surface area contributed by atoms with Crippen LogP contribution in [-0.4, -0.2) is 25.9 Å². The highest BCUT2D eigenvalue weighted by molar-refractivity contribution is 7.89. The summed E-state index contributed by atoms with van der Waals surface area (Å²) in [5.74, 6) is 0.545. The van der Waals surface area contributed by atoms with Crippen LogP contribution in [0.1, 0.15) is 22.3 Å². The van der Waals surface area contributed by atoms with Gasteiger partial charge in [0.2, 0.25) is 10.0 Å². The normalized spacial score (nSPS) is 14.9. The molecule has 0 saturated heterocycles. The lowest BCUT2D eigenvalue weighted by molar-refractivity contribution is -0.137. The Kier molecular flexibility index (Phi) is 6.73. The molecule has 4 rings (SSSR count). The first-order valence-electron chi connectivity index (χ1n) is 10.3. The van der Waals surface area contributed by atoms with Gasteiger partial charge in [0.05, 0.1) is 23.7 Å². The molecular formula is C24H22F3NO4S. The van der Waals surface area contributed by atoms with Crippen molar-refractivity contribution in [2.45, 2.75) is 30.8 Å². The van der Waals surface area contributed by atoms with Crippen molar-refractivity contribution in [2.24, 2.45) is 0 Å². The molecule has 33 heavy (non-hydrogen) atoms. The van der Waals surface area contributed by atoms with Gasteiger partial charge in [-0.1, -0.05) is 42.5 Å². The van der Waals surface area contributed by atoms with Gasteiger partial charge in [0, 0.05) is 18.7 Å². The highest BCUT2D eigenvalue weighted by Crippen LogP contribution is 2.32. The SMILES string of the molecule is O=S(=O)(c1cccc(C(F)(F)F)c1)N1CCOc2ccc(COCc3ccccc3)cc2C1. The van der Waals surface area contributed by atoms with Crippen molar-refractivity contribution >= 4 is 10.0 Å². The van der Waals surface area contributed by atoms with Crippen LogP contribution in [-0.2, 0) is 40.7 Å². The number of nitrogens with zero attached hydrogens (tertiary/aromatic N) is 1. The van der Waals surface area contributed by atoms with Crippen LogP contribution in [0.5, 0.6) is 5.75 Å². The first-order valence-corrected chi connectivity index (χ1v) is 11.7. The van der Waals surface area contributed by atoms with E-state index in [1.54, 1.807) is 12.1 Å².